The van der Waals surface area contributed by atoms with Crippen molar-refractivity contribution in [3.63, 3.8) is 0 Å². The number of hydrogen-bond acceptors (Lipinski definition) is 4. The standard InChI is InChI=1S/C21H24N4OS/c1-3-17-11-7-8-14-24(17)19(26)13-12-18-20(16-9-5-4-6-10-16)22-21-25(18)23-15(2)27-21/h4-6,9-10,12-13,17H,3,7-8,11,14H2,1-2H3/b13-12+/t17-/m1/s1. The molecule has 5 nitrogen and oxygen atoms in total. The molecule has 27 heavy (non-hydrogen) atoms. The number of aromatic nitrogens is 3. The molecule has 2 aromatic heterocycles. The fraction of sp³-hybridized carbons (Fsp3) is 0.381. The molecule has 0 saturated carbocycles. The van der Waals surface area contributed by atoms with Gasteiger partial charge in [-0.05, 0) is 38.7 Å². The topological polar surface area (TPSA) is 50.5 Å². The summed E-state index contributed by atoms with van der Waals surface area (Å²) in [6.07, 6.45) is 7.99. The van der Waals surface area contributed by atoms with Gasteiger partial charge in [-0.15, -0.1) is 0 Å². The SMILES string of the molecule is CC[C@@H]1CCCCN1C(=O)/C=C/c1c(-c2ccccc2)nc2sc(C)nn12. The van der Waals surface area contributed by atoms with Crippen LogP contribution in [0.15, 0.2) is 36.4 Å². The number of amides is 1. The number of imidazole rings is 1. The molecule has 0 bridgehead atoms. The number of aryl methyl sites for hydroxylation is 1. The second kappa shape index (κ2) is 7.64. The second-order valence-corrected chi connectivity index (χ2v) is 8.11. The van der Waals surface area contributed by atoms with E-state index in [1.165, 1.54) is 6.42 Å². The van der Waals surface area contributed by atoms with Crippen molar-refractivity contribution < 1.29 is 4.79 Å². The predicted octanol–water partition coefficient (Wildman–Crippen LogP) is 4.57. The number of hydrogen-bond donors (Lipinski definition) is 0. The van der Waals surface area contributed by atoms with E-state index < -0.39 is 0 Å². The van der Waals surface area contributed by atoms with E-state index in [0.29, 0.717) is 6.04 Å². The molecule has 1 saturated heterocycles. The van der Waals surface area contributed by atoms with Gasteiger partial charge in [0.25, 0.3) is 0 Å². The highest BCUT2D eigenvalue weighted by Gasteiger charge is 2.24. The quantitative estimate of drug-likeness (QED) is 0.623. The van der Waals surface area contributed by atoms with Gasteiger partial charge >= 0.3 is 0 Å². The Bertz CT molecular complexity index is 973. The van der Waals surface area contributed by atoms with E-state index in [1.807, 2.05) is 52.7 Å². The maximum absolute atomic E-state index is 12.8. The first-order chi connectivity index (χ1) is 13.2. The Kier molecular flexibility index (Phi) is 5.07. The molecule has 1 aliphatic heterocycles. The van der Waals surface area contributed by atoms with Gasteiger partial charge < -0.3 is 4.90 Å². The van der Waals surface area contributed by atoms with E-state index in [9.17, 15) is 4.79 Å². The molecule has 1 fully saturated rings. The number of rotatable bonds is 4. The molecule has 3 heterocycles. The van der Waals surface area contributed by atoms with Crippen LogP contribution in [0, 0.1) is 6.92 Å². The van der Waals surface area contributed by atoms with E-state index in [-0.39, 0.29) is 5.91 Å². The van der Waals surface area contributed by atoms with Crippen LogP contribution in [0.25, 0.3) is 22.3 Å². The zero-order chi connectivity index (χ0) is 18.8. The van der Waals surface area contributed by atoms with Crippen molar-refractivity contribution in [1.82, 2.24) is 19.5 Å². The molecule has 6 heteroatoms. The van der Waals surface area contributed by atoms with E-state index >= 15 is 0 Å². The van der Waals surface area contributed by atoms with E-state index in [1.54, 1.807) is 17.4 Å². The first-order valence-electron chi connectivity index (χ1n) is 9.57. The molecule has 1 amide bonds. The van der Waals surface area contributed by atoms with Gasteiger partial charge in [0.1, 0.15) is 5.01 Å². The molecule has 140 valence electrons. The van der Waals surface area contributed by atoms with E-state index in [4.69, 9.17) is 4.98 Å². The van der Waals surface area contributed by atoms with Gasteiger partial charge in [0, 0.05) is 24.2 Å². The van der Waals surface area contributed by atoms with Crippen LogP contribution in [-0.2, 0) is 4.79 Å². The van der Waals surface area contributed by atoms with Gasteiger partial charge in [-0.3, -0.25) is 4.79 Å². The third-order valence-corrected chi connectivity index (χ3v) is 5.98. The minimum absolute atomic E-state index is 0.0856. The van der Waals surface area contributed by atoms with Crippen LogP contribution in [0.5, 0.6) is 0 Å². The first kappa shape index (κ1) is 17.9. The lowest BCUT2D eigenvalue weighted by Gasteiger charge is -2.34. The molecule has 1 aromatic carbocycles. The van der Waals surface area contributed by atoms with Crippen molar-refractivity contribution in [2.45, 2.75) is 45.6 Å². The number of likely N-dealkylation sites (tertiary alicyclic amines) is 1. The molecular formula is C21H24N4OS. The van der Waals surface area contributed by atoms with Crippen LogP contribution in [0.4, 0.5) is 0 Å². The molecule has 1 aliphatic rings. The normalized spacial score (nSPS) is 17.9. The van der Waals surface area contributed by atoms with E-state index in [2.05, 4.69) is 12.0 Å². The number of benzene rings is 1. The Morgan fingerprint density at radius 2 is 2.11 bits per heavy atom. The second-order valence-electron chi connectivity index (χ2n) is 6.95. The minimum Gasteiger partial charge on any atom is -0.336 e. The largest absolute Gasteiger partial charge is 0.336 e. The molecule has 0 spiro atoms. The Labute approximate surface area is 163 Å². The van der Waals surface area contributed by atoms with Gasteiger partial charge in [-0.1, -0.05) is 48.6 Å². The molecule has 4 rings (SSSR count). The van der Waals surface area contributed by atoms with Crippen LogP contribution in [-0.4, -0.2) is 38.0 Å². The van der Waals surface area contributed by atoms with Gasteiger partial charge in [0.15, 0.2) is 0 Å². The summed E-state index contributed by atoms with van der Waals surface area (Å²) >= 11 is 1.56. The van der Waals surface area contributed by atoms with Crippen molar-refractivity contribution in [3.05, 3.63) is 47.1 Å². The zero-order valence-corrected chi connectivity index (χ0v) is 16.6. The zero-order valence-electron chi connectivity index (χ0n) is 15.8. The van der Waals surface area contributed by atoms with Crippen LogP contribution in [0.2, 0.25) is 0 Å². The van der Waals surface area contributed by atoms with E-state index in [0.717, 1.165) is 52.7 Å². The summed E-state index contributed by atoms with van der Waals surface area (Å²) in [5.41, 5.74) is 2.76. The Hall–Kier alpha value is -2.47. The maximum atomic E-state index is 12.8. The summed E-state index contributed by atoms with van der Waals surface area (Å²) in [6.45, 7) is 4.98. The minimum atomic E-state index is 0.0856. The van der Waals surface area contributed by atoms with Crippen LogP contribution >= 0.6 is 11.3 Å². The molecule has 0 aliphatic carbocycles. The summed E-state index contributed by atoms with van der Waals surface area (Å²) in [5.74, 6) is 0.0856. The van der Waals surface area contributed by atoms with Gasteiger partial charge in [0.05, 0.1) is 11.4 Å². The first-order valence-corrected chi connectivity index (χ1v) is 10.4. The lowest BCUT2D eigenvalue weighted by Crippen LogP contribution is -2.42. The third-order valence-electron chi connectivity index (χ3n) is 5.15. The fourth-order valence-corrected chi connectivity index (χ4v) is 4.53. The molecule has 0 N–H and O–H groups in total. The van der Waals surface area contributed by atoms with Gasteiger partial charge in [-0.2, -0.15) is 5.10 Å². The molecule has 0 radical (unpaired) electrons. The third kappa shape index (κ3) is 3.54. The fourth-order valence-electron chi connectivity index (χ4n) is 3.78. The monoisotopic (exact) mass is 380 g/mol. The highest BCUT2D eigenvalue weighted by Crippen LogP contribution is 2.28. The molecular weight excluding hydrogens is 356 g/mol. The summed E-state index contributed by atoms with van der Waals surface area (Å²) in [5, 5.41) is 5.54. The average Bonchev–Trinajstić information content (AvgIpc) is 3.22. The Morgan fingerprint density at radius 3 is 2.89 bits per heavy atom. The van der Waals surface area contributed by atoms with Crippen LogP contribution in [0.3, 0.4) is 0 Å². The van der Waals surface area contributed by atoms with Gasteiger partial charge in [-0.25, -0.2) is 9.50 Å². The average molecular weight is 381 g/mol. The lowest BCUT2D eigenvalue weighted by atomic mass is 10.00. The van der Waals surface area contributed by atoms with Crippen molar-refractivity contribution >= 4 is 28.3 Å². The number of carbonyl (C=O) groups excluding carboxylic acids is 1. The number of piperidine rings is 1. The van der Waals surface area contributed by atoms with Crippen LogP contribution in [0.1, 0.15) is 43.3 Å². The molecule has 0 unspecified atom stereocenters. The summed E-state index contributed by atoms with van der Waals surface area (Å²) in [4.78, 5) is 20.5. The Balaban J connectivity index is 1.70. The number of nitrogens with zero attached hydrogens (tertiary/aromatic N) is 4. The van der Waals surface area contributed by atoms with Crippen molar-refractivity contribution in [2.24, 2.45) is 0 Å². The molecule has 1 atom stereocenters. The lowest BCUT2D eigenvalue weighted by molar-refractivity contribution is -0.129. The summed E-state index contributed by atoms with van der Waals surface area (Å²) in [6, 6.07) is 10.4. The van der Waals surface area contributed by atoms with Gasteiger partial charge in [0.2, 0.25) is 10.9 Å². The maximum Gasteiger partial charge on any atom is 0.246 e. The van der Waals surface area contributed by atoms with Crippen LogP contribution < -0.4 is 0 Å². The highest BCUT2D eigenvalue weighted by molar-refractivity contribution is 7.16. The summed E-state index contributed by atoms with van der Waals surface area (Å²) in [7, 11) is 0. The number of fused-ring (bicyclic) bond motifs is 1. The Morgan fingerprint density at radius 1 is 1.30 bits per heavy atom. The van der Waals surface area contributed by atoms with Crippen molar-refractivity contribution in [2.75, 3.05) is 6.54 Å². The predicted molar refractivity (Wildman–Crippen MR) is 110 cm³/mol. The molecule has 3 aromatic rings. The summed E-state index contributed by atoms with van der Waals surface area (Å²) < 4.78 is 1.85. The number of carbonyl (C=O) groups is 1. The van der Waals surface area contributed by atoms with Crippen molar-refractivity contribution in [1.29, 1.82) is 0 Å². The highest BCUT2D eigenvalue weighted by atomic mass is 32.1. The smallest absolute Gasteiger partial charge is 0.246 e. The van der Waals surface area contributed by atoms with Crippen molar-refractivity contribution in [3.8, 4) is 11.3 Å².